The van der Waals surface area contributed by atoms with Gasteiger partial charge in [-0.25, -0.2) is 30.1 Å². The van der Waals surface area contributed by atoms with Crippen LogP contribution in [0.3, 0.4) is 0 Å². The number of fused-ring (bicyclic) bond motifs is 6. The second-order valence-corrected chi connectivity index (χ2v) is 20.8. The molecular formula is C49H49AlCl3N3O10. The predicted octanol–water partition coefficient (Wildman–Crippen LogP) is 11.5. The molecule has 0 spiro atoms. The second-order valence-electron chi connectivity index (χ2n) is 14.4. The van der Waals surface area contributed by atoms with Crippen molar-refractivity contribution in [2.75, 3.05) is 55.6 Å². The number of methoxy groups -OCH3 is 2. The van der Waals surface area contributed by atoms with Gasteiger partial charge in [0.2, 0.25) is 0 Å². The Balaban J connectivity index is 0.000000159. The number of ether oxygens (including phenoxy) is 7. The van der Waals surface area contributed by atoms with Crippen molar-refractivity contribution in [3.63, 3.8) is 0 Å². The van der Waals surface area contributed by atoms with Gasteiger partial charge in [0.25, 0.3) is 0 Å². The predicted molar refractivity (Wildman–Crippen MR) is 260 cm³/mol. The molecule has 6 aromatic rings. The highest BCUT2D eigenvalue weighted by atomic mass is 35.8. The van der Waals surface area contributed by atoms with Crippen LogP contribution in [0.5, 0.6) is 51.7 Å². The molecule has 66 heavy (non-hydrogen) atoms. The van der Waals surface area contributed by atoms with E-state index in [0.717, 1.165) is 69.0 Å². The van der Waals surface area contributed by atoms with Gasteiger partial charge in [0.05, 0.1) is 44.5 Å². The van der Waals surface area contributed by atoms with E-state index in [0.29, 0.717) is 43.6 Å². The van der Waals surface area contributed by atoms with Gasteiger partial charge in [0, 0.05) is 54.5 Å². The van der Waals surface area contributed by atoms with Gasteiger partial charge in [-0.05, 0) is 86.6 Å². The Morgan fingerprint density at radius 2 is 1.02 bits per heavy atom. The van der Waals surface area contributed by atoms with Crippen LogP contribution in [0.15, 0.2) is 127 Å². The Kier molecular flexibility index (Phi) is 18.2. The molecule has 0 saturated carbocycles. The van der Waals surface area contributed by atoms with Crippen LogP contribution in [0.4, 0.5) is 17.1 Å². The number of carbonyl (C=O) groups excluding carboxylic acids is 2. The maximum Gasteiger partial charge on any atom is 0.643 e. The average molecular weight is 973 g/mol. The van der Waals surface area contributed by atoms with Crippen molar-refractivity contribution in [3.05, 3.63) is 144 Å². The molecule has 2 N–H and O–H groups in total. The number of hydrogen-bond donors (Lipinski definition) is 2. The number of aromatic hydroxyl groups is 1. The fourth-order valence-corrected chi connectivity index (χ4v) is 7.00. The number of para-hydroxylation sites is 6. The number of phenols is 1. The molecule has 6 aromatic carbocycles. The lowest BCUT2D eigenvalue weighted by Gasteiger charge is -2.22. The van der Waals surface area contributed by atoms with Crippen molar-refractivity contribution in [1.82, 2.24) is 0 Å². The zero-order chi connectivity index (χ0) is 47.0. The van der Waals surface area contributed by atoms with E-state index in [1.165, 1.54) is 0 Å². The highest BCUT2D eigenvalue weighted by molar-refractivity contribution is 7.54. The molecule has 3 aliphatic heterocycles. The van der Waals surface area contributed by atoms with Gasteiger partial charge in [0.15, 0.2) is 17.2 Å². The Hall–Kier alpha value is -6.14. The quantitative estimate of drug-likeness (QED) is 0.111. The minimum atomic E-state index is -1.72. The van der Waals surface area contributed by atoms with Crippen LogP contribution in [-0.2, 0) is 38.7 Å². The first-order chi connectivity index (χ1) is 32.0. The standard InChI is InChI=1S/C18H19NO4.C17H17NO4.C14H13NO2.Al.3ClH/c1-3-22-18(20)12-19-11-13-8-9-14(21-2)10-17(13)23-16-7-5-4-6-15(16)19;1-2-21-17(20)11-18-10-12-7-8-13(19)9-16(12)22-15-6-4-3-5-14(15)18;1-16-11-7-6-10-9-15-12-4-2-3-5-13(12)17-14(10)8-11;;;;/h4-10H,3,11-12H2,1-2H3;3-9,19H,2,10-11H2,1H3;2-8,15H,9H2,1H3;;3*1H/q;;;+3;;;/p-3. The number of esters is 2. The first kappa shape index (κ1) is 49.3. The van der Waals surface area contributed by atoms with Gasteiger partial charge in [-0.2, -0.15) is 0 Å². The molecule has 0 saturated heterocycles. The highest BCUT2D eigenvalue weighted by Gasteiger charge is 2.25. The Bertz CT molecular complexity index is 2580. The molecule has 3 aliphatic rings. The van der Waals surface area contributed by atoms with Gasteiger partial charge in [-0.1, -0.05) is 36.4 Å². The van der Waals surface area contributed by atoms with E-state index in [4.69, 9.17) is 63.3 Å². The molecule has 0 aliphatic carbocycles. The van der Waals surface area contributed by atoms with Crippen LogP contribution in [0.1, 0.15) is 30.5 Å². The number of anilines is 3. The lowest BCUT2D eigenvalue weighted by Crippen LogP contribution is -2.30. The van der Waals surface area contributed by atoms with Crippen molar-refractivity contribution in [2.24, 2.45) is 0 Å². The summed E-state index contributed by atoms with van der Waals surface area (Å²) < 4.78 is 38.4. The van der Waals surface area contributed by atoms with Gasteiger partial charge in [-0.3, -0.25) is 9.59 Å². The molecular weight excluding hydrogens is 924 g/mol. The molecule has 0 amide bonds. The molecule has 17 heteroatoms. The topological polar surface area (TPSA) is 137 Å². The van der Waals surface area contributed by atoms with Crippen molar-refractivity contribution in [3.8, 4) is 51.7 Å². The van der Waals surface area contributed by atoms with E-state index in [-0.39, 0.29) is 30.8 Å². The molecule has 344 valence electrons. The summed E-state index contributed by atoms with van der Waals surface area (Å²) in [5.41, 5.74) is 5.73. The van der Waals surface area contributed by atoms with Crippen LogP contribution >= 0.6 is 30.1 Å². The van der Waals surface area contributed by atoms with E-state index in [1.54, 1.807) is 46.3 Å². The fourth-order valence-electron chi connectivity index (χ4n) is 7.00. The summed E-state index contributed by atoms with van der Waals surface area (Å²) in [6.07, 6.45) is 0. The molecule has 13 nitrogen and oxygen atoms in total. The summed E-state index contributed by atoms with van der Waals surface area (Å²) in [4.78, 5) is 27.7. The lowest BCUT2D eigenvalue weighted by molar-refractivity contribution is -0.142. The second kappa shape index (κ2) is 24.4. The van der Waals surface area contributed by atoms with Crippen LogP contribution < -0.4 is 38.8 Å². The Morgan fingerprint density at radius 1 is 0.591 bits per heavy atom. The van der Waals surface area contributed by atoms with Gasteiger partial charge >= 0.3 is 23.3 Å². The maximum atomic E-state index is 11.9. The van der Waals surface area contributed by atoms with Crippen LogP contribution in [0.2, 0.25) is 0 Å². The number of nitrogens with zero attached hydrogens (tertiary/aromatic N) is 2. The summed E-state index contributed by atoms with van der Waals surface area (Å²) in [7, 11) is 18.1. The van der Waals surface area contributed by atoms with E-state index >= 15 is 0 Å². The Labute approximate surface area is 401 Å². The summed E-state index contributed by atoms with van der Waals surface area (Å²) in [6.45, 7) is 6.48. The minimum Gasteiger partial charge on any atom is -0.508 e. The summed E-state index contributed by atoms with van der Waals surface area (Å²) >= 11 is -1.72. The van der Waals surface area contributed by atoms with Crippen LogP contribution in [0.25, 0.3) is 0 Å². The number of halogens is 3. The van der Waals surface area contributed by atoms with Gasteiger partial charge < -0.3 is 53.4 Å². The third-order valence-corrected chi connectivity index (χ3v) is 10.0. The number of rotatable bonds is 8. The highest BCUT2D eigenvalue weighted by Crippen LogP contribution is 2.42. The lowest BCUT2D eigenvalue weighted by atomic mass is 10.1. The number of phenolic OH excluding ortho intramolecular Hbond substituents is 1. The minimum absolute atomic E-state index is 0.147. The normalized spacial score (nSPS) is 12.2. The van der Waals surface area contributed by atoms with Crippen molar-refractivity contribution in [1.29, 1.82) is 0 Å². The molecule has 0 atom stereocenters. The molecule has 0 aromatic heterocycles. The van der Waals surface area contributed by atoms with Gasteiger partial charge in [0.1, 0.15) is 47.6 Å². The van der Waals surface area contributed by atoms with Gasteiger partial charge in [-0.15, -0.1) is 0 Å². The van der Waals surface area contributed by atoms with Crippen molar-refractivity contribution >= 4 is 70.5 Å². The first-order valence-corrected chi connectivity index (χ1v) is 26.2. The van der Waals surface area contributed by atoms with E-state index in [1.807, 2.05) is 119 Å². The summed E-state index contributed by atoms with van der Waals surface area (Å²) in [5.74, 6) is 5.56. The first-order valence-electron chi connectivity index (χ1n) is 20.9. The molecule has 0 fully saturated rings. The summed E-state index contributed by atoms with van der Waals surface area (Å²) in [5, 5.41) is 13.0. The van der Waals surface area contributed by atoms with E-state index in [9.17, 15) is 14.7 Å². The average Bonchev–Trinajstić information content (AvgIpc) is 3.66. The number of nitrogens with one attached hydrogen (secondary N) is 1. The third-order valence-electron chi connectivity index (χ3n) is 10.0. The monoisotopic (exact) mass is 971 g/mol. The number of hydrogen-bond acceptors (Lipinski definition) is 13. The molecule has 3 heterocycles. The molecule has 0 bridgehead atoms. The van der Waals surface area contributed by atoms with E-state index in [2.05, 4.69) is 5.32 Å². The van der Waals surface area contributed by atoms with Crippen LogP contribution in [-0.4, -0.2) is 69.0 Å². The third kappa shape index (κ3) is 13.7. The number of carbonyl (C=O) groups is 2. The maximum absolute atomic E-state index is 11.9. The fraction of sp³-hybridized carbons (Fsp3) is 0.224. The Morgan fingerprint density at radius 3 is 1.53 bits per heavy atom. The number of benzene rings is 6. The van der Waals surface area contributed by atoms with E-state index < -0.39 is 11.4 Å². The molecule has 0 radical (unpaired) electrons. The SMILES string of the molecule is CCOC(=O)CN1Cc2ccc(O)cc2Oc2ccccc21.CCOC(=O)CN1Cc2ccc(OC)cc2Oc2ccccc21.COc1ccc2c(c1)Oc1ccccc1NC2.[Cl][Al]([Cl])[Cl]. The zero-order valence-corrected chi connectivity index (χ0v) is 40.2. The molecule has 0 unspecified atom stereocenters. The summed E-state index contributed by atoms with van der Waals surface area (Å²) in [6, 6.07) is 39.7. The van der Waals surface area contributed by atoms with Crippen molar-refractivity contribution < 1.29 is 47.9 Å². The van der Waals surface area contributed by atoms with Crippen molar-refractivity contribution in [2.45, 2.75) is 33.5 Å². The zero-order valence-electron chi connectivity index (χ0n) is 36.8. The van der Waals surface area contributed by atoms with Crippen LogP contribution in [0, 0.1) is 0 Å². The smallest absolute Gasteiger partial charge is 0.508 e. The molecule has 9 rings (SSSR count). The largest absolute Gasteiger partial charge is 0.643 e.